The summed E-state index contributed by atoms with van der Waals surface area (Å²) in [5, 5.41) is 14.3. The predicted molar refractivity (Wildman–Crippen MR) is 123 cm³/mol. The average Bonchev–Trinajstić information content (AvgIpc) is 2.98. The Balaban J connectivity index is 2.16. The number of rotatable bonds is 7. The van der Waals surface area contributed by atoms with Gasteiger partial charge in [0.2, 0.25) is 5.78 Å². The number of nitrogens with one attached hydrogen (secondary N) is 1. The second-order valence-electron chi connectivity index (χ2n) is 8.13. The van der Waals surface area contributed by atoms with Crippen molar-refractivity contribution in [2.24, 2.45) is 0 Å². The number of nitrogens with zero attached hydrogens (tertiary/aromatic N) is 1. The van der Waals surface area contributed by atoms with Crippen molar-refractivity contribution in [3.63, 3.8) is 0 Å². The maximum absolute atomic E-state index is 13.6. The van der Waals surface area contributed by atoms with E-state index in [4.69, 9.17) is 27.9 Å². The highest BCUT2D eigenvalue weighted by atomic mass is 35.5. The SMILES string of the molecule is COc1ccc(C([O-])=C2C(=O)C(=O)N(CCC[NH+](C)C)C2c2ccc(Cl)cc2Cl)c(C)c1. The minimum absolute atomic E-state index is 0.0929. The molecule has 1 aliphatic rings. The van der Waals surface area contributed by atoms with Gasteiger partial charge in [-0.2, -0.15) is 0 Å². The number of ketones is 1. The molecule has 32 heavy (non-hydrogen) atoms. The van der Waals surface area contributed by atoms with Crippen molar-refractivity contribution in [3.8, 4) is 5.75 Å². The van der Waals surface area contributed by atoms with E-state index >= 15 is 0 Å². The Morgan fingerprint density at radius 2 is 1.88 bits per heavy atom. The summed E-state index contributed by atoms with van der Waals surface area (Å²) in [7, 11) is 5.56. The first-order valence-electron chi connectivity index (χ1n) is 10.3. The molecule has 1 amide bonds. The third-order valence-corrected chi connectivity index (χ3v) is 6.10. The smallest absolute Gasteiger partial charge is 0.295 e. The largest absolute Gasteiger partial charge is 0.872 e. The second-order valence-corrected chi connectivity index (χ2v) is 8.97. The number of amides is 1. The molecule has 1 heterocycles. The predicted octanol–water partition coefficient (Wildman–Crippen LogP) is 2.07. The zero-order valence-corrected chi connectivity index (χ0v) is 20.0. The molecule has 1 fully saturated rings. The van der Waals surface area contributed by atoms with Gasteiger partial charge >= 0.3 is 0 Å². The number of Topliss-reactive ketones (excluding diaryl/α,β-unsaturated/α-hetero) is 1. The molecule has 0 aliphatic carbocycles. The average molecular weight is 477 g/mol. The minimum atomic E-state index is -0.870. The van der Waals surface area contributed by atoms with E-state index in [0.29, 0.717) is 45.5 Å². The first-order valence-corrected chi connectivity index (χ1v) is 11.1. The van der Waals surface area contributed by atoms with Gasteiger partial charge in [0, 0.05) is 28.6 Å². The number of methoxy groups -OCH3 is 1. The number of carbonyl (C=O) groups excluding carboxylic acids is 2. The van der Waals surface area contributed by atoms with Crippen LogP contribution in [0.3, 0.4) is 0 Å². The second kappa shape index (κ2) is 9.94. The molecule has 0 saturated carbocycles. The van der Waals surface area contributed by atoms with E-state index in [1.165, 1.54) is 16.9 Å². The lowest BCUT2D eigenvalue weighted by atomic mass is 9.93. The van der Waals surface area contributed by atoms with Gasteiger partial charge in [0.15, 0.2) is 0 Å². The highest BCUT2D eigenvalue weighted by Crippen LogP contribution is 2.42. The van der Waals surface area contributed by atoms with Crippen molar-refractivity contribution in [2.75, 3.05) is 34.3 Å². The summed E-state index contributed by atoms with van der Waals surface area (Å²) in [4.78, 5) is 28.7. The van der Waals surface area contributed by atoms with Crippen LogP contribution in [-0.4, -0.2) is 50.9 Å². The summed E-state index contributed by atoms with van der Waals surface area (Å²) in [5.41, 5.74) is 1.40. The van der Waals surface area contributed by atoms with Crippen LogP contribution in [-0.2, 0) is 9.59 Å². The van der Waals surface area contributed by atoms with Crippen LogP contribution in [0.15, 0.2) is 42.0 Å². The van der Waals surface area contributed by atoms with Gasteiger partial charge in [-0.05, 0) is 47.9 Å². The van der Waals surface area contributed by atoms with E-state index in [2.05, 4.69) is 0 Å². The van der Waals surface area contributed by atoms with Crippen LogP contribution in [0.1, 0.15) is 29.2 Å². The zero-order chi connectivity index (χ0) is 23.6. The molecule has 1 unspecified atom stereocenters. The first-order chi connectivity index (χ1) is 15.1. The van der Waals surface area contributed by atoms with Crippen LogP contribution < -0.4 is 14.7 Å². The van der Waals surface area contributed by atoms with Crippen molar-refractivity contribution in [1.29, 1.82) is 0 Å². The molecule has 1 N–H and O–H groups in total. The molecular weight excluding hydrogens is 451 g/mol. The van der Waals surface area contributed by atoms with Crippen molar-refractivity contribution >= 4 is 40.7 Å². The molecule has 170 valence electrons. The maximum atomic E-state index is 13.6. The fourth-order valence-corrected chi connectivity index (χ4v) is 4.43. The van der Waals surface area contributed by atoms with Gasteiger partial charge in [0.1, 0.15) is 5.75 Å². The van der Waals surface area contributed by atoms with Crippen molar-refractivity contribution in [2.45, 2.75) is 19.4 Å². The normalized spacial score (nSPS) is 18.0. The van der Waals surface area contributed by atoms with E-state index < -0.39 is 23.5 Å². The van der Waals surface area contributed by atoms with E-state index in [0.717, 1.165) is 6.54 Å². The molecule has 3 rings (SSSR count). The summed E-state index contributed by atoms with van der Waals surface area (Å²) in [5.74, 6) is -1.37. The number of likely N-dealkylation sites (tertiary alicyclic amines) is 1. The lowest BCUT2D eigenvalue weighted by Crippen LogP contribution is -3.05. The summed E-state index contributed by atoms with van der Waals surface area (Å²) in [6.07, 6.45) is 0.673. The summed E-state index contributed by atoms with van der Waals surface area (Å²) < 4.78 is 5.21. The van der Waals surface area contributed by atoms with Crippen LogP contribution >= 0.6 is 23.2 Å². The van der Waals surface area contributed by atoms with Gasteiger partial charge in [-0.25, -0.2) is 0 Å². The number of aryl methyl sites for hydroxylation is 1. The zero-order valence-electron chi connectivity index (χ0n) is 18.5. The van der Waals surface area contributed by atoms with Crippen LogP contribution in [0.5, 0.6) is 5.75 Å². The van der Waals surface area contributed by atoms with Crippen LogP contribution in [0.25, 0.3) is 5.76 Å². The Hall–Kier alpha value is -2.54. The Labute approximate surface area is 198 Å². The lowest BCUT2D eigenvalue weighted by molar-refractivity contribution is -0.858. The Kier molecular flexibility index (Phi) is 7.49. The van der Waals surface area contributed by atoms with E-state index in [9.17, 15) is 14.7 Å². The van der Waals surface area contributed by atoms with Gasteiger partial charge < -0.3 is 19.6 Å². The number of quaternary nitrogens is 1. The van der Waals surface area contributed by atoms with Crippen molar-refractivity contribution < 1.29 is 24.3 Å². The third-order valence-electron chi connectivity index (χ3n) is 5.54. The fraction of sp³-hybridized carbons (Fsp3) is 0.333. The standard InChI is InChI=1S/C24H26Cl2N2O4/c1-14-12-16(32-4)7-9-17(14)22(29)20-21(18-8-6-15(25)13-19(18)26)28(24(31)23(20)30)11-5-10-27(2)3/h6-9,12-13,21,29H,5,10-11H2,1-4H3. The number of benzene rings is 2. The Bertz CT molecular complexity index is 1080. The summed E-state index contributed by atoms with van der Waals surface area (Å²) in [6, 6.07) is 8.97. The molecule has 0 bridgehead atoms. The molecule has 1 saturated heterocycles. The fourth-order valence-electron chi connectivity index (χ4n) is 3.91. The maximum Gasteiger partial charge on any atom is 0.295 e. The summed E-state index contributed by atoms with van der Waals surface area (Å²) in [6.45, 7) is 2.90. The lowest BCUT2D eigenvalue weighted by Gasteiger charge is -2.28. The highest BCUT2D eigenvalue weighted by Gasteiger charge is 2.44. The third kappa shape index (κ3) is 4.77. The topological polar surface area (TPSA) is 74.1 Å². The van der Waals surface area contributed by atoms with Crippen LogP contribution in [0.4, 0.5) is 0 Å². The molecule has 6 nitrogen and oxygen atoms in total. The van der Waals surface area contributed by atoms with Gasteiger partial charge in [-0.3, -0.25) is 9.59 Å². The van der Waals surface area contributed by atoms with Crippen molar-refractivity contribution in [1.82, 2.24) is 4.90 Å². The number of hydrogen-bond donors (Lipinski definition) is 1. The molecule has 1 atom stereocenters. The minimum Gasteiger partial charge on any atom is -0.872 e. The molecule has 1 aliphatic heterocycles. The van der Waals surface area contributed by atoms with Gasteiger partial charge in [-0.15, -0.1) is 0 Å². The molecule has 0 aromatic heterocycles. The quantitative estimate of drug-likeness (QED) is 0.377. The van der Waals surface area contributed by atoms with Crippen LogP contribution in [0.2, 0.25) is 10.0 Å². The van der Waals surface area contributed by atoms with E-state index in [1.807, 2.05) is 14.1 Å². The molecule has 0 spiro atoms. The molecule has 8 heteroatoms. The monoisotopic (exact) mass is 476 g/mol. The van der Waals surface area contributed by atoms with Gasteiger partial charge in [0.25, 0.3) is 5.91 Å². The van der Waals surface area contributed by atoms with E-state index in [1.54, 1.807) is 43.3 Å². The number of carbonyl (C=O) groups is 2. The first kappa shape index (κ1) is 24.1. The van der Waals surface area contributed by atoms with Gasteiger partial charge in [-0.1, -0.05) is 41.1 Å². The molecular formula is C24H26Cl2N2O4. The number of halogens is 2. The van der Waals surface area contributed by atoms with Crippen molar-refractivity contribution in [3.05, 3.63) is 68.7 Å². The Morgan fingerprint density at radius 3 is 2.47 bits per heavy atom. The molecule has 2 aromatic rings. The summed E-state index contributed by atoms with van der Waals surface area (Å²) >= 11 is 12.5. The highest BCUT2D eigenvalue weighted by molar-refractivity contribution is 6.47. The molecule has 2 aromatic carbocycles. The van der Waals surface area contributed by atoms with Gasteiger partial charge in [0.05, 0.1) is 33.8 Å². The van der Waals surface area contributed by atoms with Crippen LogP contribution in [0, 0.1) is 6.92 Å². The number of hydrogen-bond acceptors (Lipinski definition) is 4. The Morgan fingerprint density at radius 1 is 1.16 bits per heavy atom. The molecule has 0 radical (unpaired) electrons. The number of ether oxygens (including phenoxy) is 1. The van der Waals surface area contributed by atoms with E-state index in [-0.39, 0.29) is 5.57 Å².